The summed E-state index contributed by atoms with van der Waals surface area (Å²) in [5.74, 6) is -1.02. The molecule has 0 spiro atoms. The van der Waals surface area contributed by atoms with Gasteiger partial charge in [0.1, 0.15) is 5.75 Å². The summed E-state index contributed by atoms with van der Waals surface area (Å²) in [6.07, 6.45) is 0. The monoisotopic (exact) mass is 294 g/mol. The Balaban J connectivity index is 2.13. The third kappa shape index (κ3) is 3.82. The molecule has 7 heteroatoms. The maximum atomic E-state index is 12.0. The highest BCUT2D eigenvalue weighted by Gasteiger charge is 2.07. The van der Waals surface area contributed by atoms with Crippen LogP contribution >= 0.6 is 0 Å². The molecule has 0 saturated carbocycles. The number of nitrogen functional groups attached to an aromatic ring is 1. The number of carboxylic acid groups (broad SMARTS) is 1. The number of benzene rings is 2. The van der Waals surface area contributed by atoms with Gasteiger partial charge in [-0.2, -0.15) is 8.78 Å². The molecule has 0 amide bonds. The van der Waals surface area contributed by atoms with Gasteiger partial charge in [-0.3, -0.25) is 0 Å². The number of anilines is 3. The van der Waals surface area contributed by atoms with Crippen LogP contribution in [0.25, 0.3) is 0 Å². The molecule has 2 aromatic rings. The number of ether oxygens (including phenoxy) is 1. The average Bonchev–Trinajstić information content (AvgIpc) is 2.42. The summed E-state index contributed by atoms with van der Waals surface area (Å²) in [6.45, 7) is -2.87. The molecule has 0 bridgehead atoms. The number of nitrogens with two attached hydrogens (primary N) is 1. The van der Waals surface area contributed by atoms with Crippen molar-refractivity contribution in [3.8, 4) is 5.75 Å². The van der Waals surface area contributed by atoms with E-state index in [-0.39, 0.29) is 17.0 Å². The highest BCUT2D eigenvalue weighted by molar-refractivity contribution is 5.90. The van der Waals surface area contributed by atoms with Crippen LogP contribution in [0.4, 0.5) is 25.8 Å². The molecule has 0 aliphatic heterocycles. The Morgan fingerprint density at radius 3 is 2.38 bits per heavy atom. The fourth-order valence-corrected chi connectivity index (χ4v) is 1.68. The predicted octanol–water partition coefficient (Wildman–Crippen LogP) is 3.31. The summed E-state index contributed by atoms with van der Waals surface area (Å²) in [6, 6.07) is 10.1. The standard InChI is InChI=1S/C14H12F2N2O3/c15-14(16)21-10-4-2-9(3-5-10)18-12-6-1-8(13(19)20)7-11(12)17/h1-7,14,18H,17H2,(H,19,20). The zero-order chi connectivity index (χ0) is 15.4. The molecule has 21 heavy (non-hydrogen) atoms. The van der Waals surface area contributed by atoms with Crippen LogP contribution in [0, 0.1) is 0 Å². The Bertz CT molecular complexity index is 645. The van der Waals surface area contributed by atoms with Crippen molar-refractivity contribution in [3.63, 3.8) is 0 Å². The number of rotatable bonds is 5. The van der Waals surface area contributed by atoms with Crippen LogP contribution in [0.5, 0.6) is 5.75 Å². The number of alkyl halides is 2. The predicted molar refractivity (Wildman–Crippen MR) is 74.2 cm³/mol. The normalized spacial score (nSPS) is 10.4. The molecule has 0 fully saturated rings. The fraction of sp³-hybridized carbons (Fsp3) is 0.0714. The minimum Gasteiger partial charge on any atom is -0.478 e. The third-order valence-electron chi connectivity index (χ3n) is 2.66. The molecule has 5 nitrogen and oxygen atoms in total. The van der Waals surface area contributed by atoms with Crippen LogP contribution in [0.2, 0.25) is 0 Å². The van der Waals surface area contributed by atoms with E-state index >= 15 is 0 Å². The van der Waals surface area contributed by atoms with E-state index in [1.165, 1.54) is 30.3 Å². The molecular formula is C14H12F2N2O3. The highest BCUT2D eigenvalue weighted by atomic mass is 19.3. The van der Waals surface area contributed by atoms with Crippen molar-refractivity contribution in [3.05, 3.63) is 48.0 Å². The molecule has 0 radical (unpaired) electrons. The van der Waals surface area contributed by atoms with Crippen molar-refractivity contribution in [1.82, 2.24) is 0 Å². The van der Waals surface area contributed by atoms with Crippen LogP contribution in [-0.4, -0.2) is 17.7 Å². The van der Waals surface area contributed by atoms with Crippen molar-refractivity contribution in [2.75, 3.05) is 11.1 Å². The van der Waals surface area contributed by atoms with Gasteiger partial charge >= 0.3 is 12.6 Å². The molecule has 2 aromatic carbocycles. The van der Waals surface area contributed by atoms with Crippen molar-refractivity contribution < 1.29 is 23.4 Å². The lowest BCUT2D eigenvalue weighted by Gasteiger charge is -2.11. The molecular weight excluding hydrogens is 282 g/mol. The van der Waals surface area contributed by atoms with Crippen LogP contribution < -0.4 is 15.8 Å². The number of carboxylic acids is 1. The lowest BCUT2D eigenvalue weighted by molar-refractivity contribution is -0.0498. The number of hydrogen-bond acceptors (Lipinski definition) is 4. The van der Waals surface area contributed by atoms with Crippen LogP contribution in [0.1, 0.15) is 10.4 Å². The smallest absolute Gasteiger partial charge is 0.387 e. The van der Waals surface area contributed by atoms with Crippen molar-refractivity contribution in [2.24, 2.45) is 0 Å². The molecule has 0 atom stereocenters. The van der Waals surface area contributed by atoms with E-state index in [4.69, 9.17) is 10.8 Å². The first-order chi connectivity index (χ1) is 9.95. The van der Waals surface area contributed by atoms with E-state index < -0.39 is 12.6 Å². The number of nitrogens with one attached hydrogen (secondary N) is 1. The summed E-state index contributed by atoms with van der Waals surface area (Å²) < 4.78 is 28.3. The highest BCUT2D eigenvalue weighted by Crippen LogP contribution is 2.26. The molecule has 0 heterocycles. The second-order valence-electron chi connectivity index (χ2n) is 4.14. The molecule has 110 valence electrons. The molecule has 0 aliphatic carbocycles. The van der Waals surface area contributed by atoms with Gasteiger partial charge in [-0.1, -0.05) is 0 Å². The van der Waals surface area contributed by atoms with Crippen LogP contribution in [0.15, 0.2) is 42.5 Å². The van der Waals surface area contributed by atoms with Crippen molar-refractivity contribution in [2.45, 2.75) is 6.61 Å². The minimum absolute atomic E-state index is 0.0461. The van der Waals surface area contributed by atoms with Gasteiger partial charge in [-0.25, -0.2) is 4.79 Å². The maximum absolute atomic E-state index is 12.0. The topological polar surface area (TPSA) is 84.6 Å². The van der Waals surface area contributed by atoms with Gasteiger partial charge in [0.05, 0.1) is 16.9 Å². The summed E-state index contributed by atoms with van der Waals surface area (Å²) in [5, 5.41) is 11.8. The van der Waals surface area contributed by atoms with Crippen molar-refractivity contribution >= 4 is 23.0 Å². The first kappa shape index (κ1) is 14.6. The van der Waals surface area contributed by atoms with E-state index in [1.54, 1.807) is 12.1 Å². The van der Waals surface area contributed by atoms with Gasteiger partial charge in [-0.15, -0.1) is 0 Å². The molecule has 0 aromatic heterocycles. The van der Waals surface area contributed by atoms with Gasteiger partial charge in [0, 0.05) is 5.69 Å². The molecule has 4 N–H and O–H groups in total. The number of carbonyl (C=O) groups is 1. The molecule has 0 aliphatic rings. The molecule has 0 unspecified atom stereocenters. The number of hydrogen-bond donors (Lipinski definition) is 3. The van der Waals surface area contributed by atoms with Gasteiger partial charge in [0.2, 0.25) is 0 Å². The zero-order valence-corrected chi connectivity index (χ0v) is 10.7. The summed E-state index contributed by atoms with van der Waals surface area (Å²) >= 11 is 0. The lowest BCUT2D eigenvalue weighted by atomic mass is 10.1. The quantitative estimate of drug-likeness (QED) is 0.737. The van der Waals surface area contributed by atoms with Gasteiger partial charge in [0.15, 0.2) is 0 Å². The van der Waals surface area contributed by atoms with Gasteiger partial charge in [-0.05, 0) is 42.5 Å². The summed E-state index contributed by atoms with van der Waals surface area (Å²) in [4.78, 5) is 10.8. The zero-order valence-electron chi connectivity index (χ0n) is 10.7. The fourth-order valence-electron chi connectivity index (χ4n) is 1.68. The van der Waals surface area contributed by atoms with E-state index in [0.717, 1.165) is 0 Å². The SMILES string of the molecule is Nc1cc(C(=O)O)ccc1Nc1ccc(OC(F)F)cc1. The van der Waals surface area contributed by atoms with E-state index in [2.05, 4.69) is 10.1 Å². The Hall–Kier alpha value is -2.83. The van der Waals surface area contributed by atoms with E-state index in [0.29, 0.717) is 11.4 Å². The molecule has 0 saturated heterocycles. The average molecular weight is 294 g/mol. The lowest BCUT2D eigenvalue weighted by Crippen LogP contribution is -2.02. The Morgan fingerprint density at radius 1 is 1.19 bits per heavy atom. The van der Waals surface area contributed by atoms with Crippen LogP contribution in [0.3, 0.4) is 0 Å². The van der Waals surface area contributed by atoms with Crippen LogP contribution in [-0.2, 0) is 0 Å². The Morgan fingerprint density at radius 2 is 1.86 bits per heavy atom. The van der Waals surface area contributed by atoms with E-state index in [9.17, 15) is 13.6 Å². The first-order valence-electron chi connectivity index (χ1n) is 5.90. The molecule has 2 rings (SSSR count). The summed E-state index contributed by atoms with van der Waals surface area (Å²) in [7, 11) is 0. The number of halogens is 2. The third-order valence-corrected chi connectivity index (χ3v) is 2.66. The minimum atomic E-state index is -2.87. The second-order valence-corrected chi connectivity index (χ2v) is 4.14. The van der Waals surface area contributed by atoms with Gasteiger partial charge in [0.25, 0.3) is 0 Å². The Labute approximate surface area is 119 Å². The summed E-state index contributed by atoms with van der Waals surface area (Å²) in [5.41, 5.74) is 7.22. The Kier molecular flexibility index (Phi) is 4.22. The number of aromatic carboxylic acids is 1. The first-order valence-corrected chi connectivity index (χ1v) is 5.90. The van der Waals surface area contributed by atoms with E-state index in [1.807, 2.05) is 0 Å². The maximum Gasteiger partial charge on any atom is 0.387 e. The van der Waals surface area contributed by atoms with Crippen molar-refractivity contribution in [1.29, 1.82) is 0 Å². The van der Waals surface area contributed by atoms with Gasteiger partial charge < -0.3 is 20.9 Å². The largest absolute Gasteiger partial charge is 0.478 e. The second kappa shape index (κ2) is 6.08.